The van der Waals surface area contributed by atoms with Crippen LogP contribution in [0.4, 0.5) is 0 Å². The molecule has 1 unspecified atom stereocenters. The first-order chi connectivity index (χ1) is 10.3. The van der Waals surface area contributed by atoms with E-state index in [1.54, 1.807) is 0 Å². The van der Waals surface area contributed by atoms with Crippen LogP contribution < -0.4 is 9.47 Å². The lowest BCUT2D eigenvalue weighted by Gasteiger charge is -2.25. The second kappa shape index (κ2) is 5.10. The molecular weight excluding hydrogens is 260 g/mol. The van der Waals surface area contributed by atoms with Gasteiger partial charge in [0, 0.05) is 12.3 Å². The van der Waals surface area contributed by atoms with Crippen LogP contribution in [0, 0.1) is 12.8 Å². The van der Waals surface area contributed by atoms with Crippen LogP contribution in [0.1, 0.15) is 22.3 Å². The van der Waals surface area contributed by atoms with Gasteiger partial charge in [-0.1, -0.05) is 29.8 Å². The minimum atomic E-state index is 0.569. The van der Waals surface area contributed by atoms with Crippen LogP contribution in [-0.4, -0.2) is 13.2 Å². The standard InChI is InChI=1S/C19H20O2/c1-13-2-4-19-17(8-13)11-15(12-21-19)9-14-3-5-18-16(10-14)6-7-20-18/h2-5,8,10,15H,6-7,9,11-12H2,1H3. The molecule has 0 bridgehead atoms. The van der Waals surface area contributed by atoms with Crippen molar-refractivity contribution in [3.05, 3.63) is 58.7 Å². The third-order valence-electron chi connectivity index (χ3n) is 4.48. The molecule has 21 heavy (non-hydrogen) atoms. The van der Waals surface area contributed by atoms with Gasteiger partial charge >= 0.3 is 0 Å². The van der Waals surface area contributed by atoms with Gasteiger partial charge < -0.3 is 9.47 Å². The molecular formula is C19H20O2. The zero-order valence-electron chi connectivity index (χ0n) is 12.4. The van der Waals surface area contributed by atoms with Crippen molar-refractivity contribution in [1.29, 1.82) is 0 Å². The number of benzene rings is 2. The highest BCUT2D eigenvalue weighted by Gasteiger charge is 2.21. The molecule has 4 rings (SSSR count). The van der Waals surface area contributed by atoms with E-state index in [0.717, 1.165) is 44.0 Å². The monoisotopic (exact) mass is 280 g/mol. The number of rotatable bonds is 2. The Balaban J connectivity index is 1.51. The number of fused-ring (bicyclic) bond motifs is 2. The van der Waals surface area contributed by atoms with Crippen LogP contribution >= 0.6 is 0 Å². The van der Waals surface area contributed by atoms with E-state index < -0.39 is 0 Å². The summed E-state index contributed by atoms with van der Waals surface area (Å²) in [5.74, 6) is 2.71. The Kier molecular flexibility index (Phi) is 3.10. The molecule has 108 valence electrons. The summed E-state index contributed by atoms with van der Waals surface area (Å²) < 4.78 is 11.5. The molecule has 2 aromatic rings. The van der Waals surface area contributed by atoms with Gasteiger partial charge in [0.2, 0.25) is 0 Å². The van der Waals surface area contributed by atoms with E-state index in [0.29, 0.717) is 5.92 Å². The van der Waals surface area contributed by atoms with E-state index in [4.69, 9.17) is 9.47 Å². The first-order valence-electron chi connectivity index (χ1n) is 7.75. The fourth-order valence-corrected chi connectivity index (χ4v) is 3.42. The average Bonchev–Trinajstić information content (AvgIpc) is 2.94. The smallest absolute Gasteiger partial charge is 0.122 e. The van der Waals surface area contributed by atoms with Gasteiger partial charge in [0.15, 0.2) is 0 Å². The van der Waals surface area contributed by atoms with E-state index in [9.17, 15) is 0 Å². The Morgan fingerprint density at radius 2 is 1.86 bits per heavy atom. The molecule has 0 saturated carbocycles. The molecule has 1 atom stereocenters. The van der Waals surface area contributed by atoms with Crippen molar-refractivity contribution in [2.45, 2.75) is 26.2 Å². The van der Waals surface area contributed by atoms with Gasteiger partial charge in [-0.2, -0.15) is 0 Å². The van der Waals surface area contributed by atoms with Crippen molar-refractivity contribution < 1.29 is 9.47 Å². The van der Waals surface area contributed by atoms with Gasteiger partial charge in [0.1, 0.15) is 11.5 Å². The average molecular weight is 280 g/mol. The van der Waals surface area contributed by atoms with Crippen molar-refractivity contribution >= 4 is 0 Å². The highest BCUT2D eigenvalue weighted by Crippen LogP contribution is 2.31. The molecule has 2 heterocycles. The van der Waals surface area contributed by atoms with Gasteiger partial charge in [-0.25, -0.2) is 0 Å². The molecule has 0 fully saturated rings. The van der Waals surface area contributed by atoms with E-state index in [2.05, 4.69) is 43.3 Å². The fourth-order valence-electron chi connectivity index (χ4n) is 3.42. The number of hydrogen-bond acceptors (Lipinski definition) is 2. The molecule has 0 N–H and O–H groups in total. The zero-order chi connectivity index (χ0) is 14.2. The number of ether oxygens (including phenoxy) is 2. The highest BCUT2D eigenvalue weighted by atomic mass is 16.5. The highest BCUT2D eigenvalue weighted by molar-refractivity contribution is 5.41. The third-order valence-corrected chi connectivity index (χ3v) is 4.48. The third kappa shape index (κ3) is 2.51. The minimum absolute atomic E-state index is 0.569. The van der Waals surface area contributed by atoms with Crippen LogP contribution in [0.3, 0.4) is 0 Å². The summed E-state index contributed by atoms with van der Waals surface area (Å²) in [6.07, 6.45) is 3.25. The quantitative estimate of drug-likeness (QED) is 0.834. The predicted octanol–water partition coefficient (Wildman–Crippen LogP) is 3.72. The van der Waals surface area contributed by atoms with Crippen LogP contribution in [0.2, 0.25) is 0 Å². The normalized spacial score (nSPS) is 19.4. The summed E-state index contributed by atoms with van der Waals surface area (Å²) >= 11 is 0. The molecule has 2 aliphatic heterocycles. The van der Waals surface area contributed by atoms with E-state index in [-0.39, 0.29) is 0 Å². The van der Waals surface area contributed by atoms with Gasteiger partial charge in [-0.15, -0.1) is 0 Å². The summed E-state index contributed by atoms with van der Waals surface area (Å²) in [6.45, 7) is 3.80. The van der Waals surface area contributed by atoms with Gasteiger partial charge in [-0.05, 0) is 48.6 Å². The van der Waals surface area contributed by atoms with Crippen molar-refractivity contribution in [1.82, 2.24) is 0 Å². The molecule has 0 spiro atoms. The van der Waals surface area contributed by atoms with E-state index in [1.165, 1.54) is 22.3 Å². The first-order valence-corrected chi connectivity index (χ1v) is 7.75. The maximum absolute atomic E-state index is 5.93. The van der Waals surface area contributed by atoms with Crippen molar-refractivity contribution in [3.8, 4) is 11.5 Å². The van der Waals surface area contributed by atoms with E-state index >= 15 is 0 Å². The summed E-state index contributed by atoms with van der Waals surface area (Å²) in [4.78, 5) is 0. The lowest BCUT2D eigenvalue weighted by molar-refractivity contribution is 0.221. The summed E-state index contributed by atoms with van der Waals surface area (Å²) in [7, 11) is 0. The predicted molar refractivity (Wildman–Crippen MR) is 83.2 cm³/mol. The Labute approximate surface area is 125 Å². The summed E-state index contributed by atoms with van der Waals surface area (Å²) in [5.41, 5.74) is 5.44. The molecule has 2 heteroatoms. The van der Waals surface area contributed by atoms with Crippen molar-refractivity contribution in [3.63, 3.8) is 0 Å². The maximum atomic E-state index is 5.93. The molecule has 0 aromatic heterocycles. The Hall–Kier alpha value is -1.96. The second-order valence-electron chi connectivity index (χ2n) is 6.24. The molecule has 2 nitrogen and oxygen atoms in total. The van der Waals surface area contributed by atoms with Crippen LogP contribution in [-0.2, 0) is 19.3 Å². The van der Waals surface area contributed by atoms with E-state index in [1.807, 2.05) is 0 Å². The number of hydrogen-bond donors (Lipinski definition) is 0. The van der Waals surface area contributed by atoms with Crippen LogP contribution in [0.5, 0.6) is 11.5 Å². The molecule has 2 aliphatic rings. The van der Waals surface area contributed by atoms with Crippen LogP contribution in [0.25, 0.3) is 0 Å². The largest absolute Gasteiger partial charge is 0.493 e. The maximum Gasteiger partial charge on any atom is 0.122 e. The van der Waals surface area contributed by atoms with Gasteiger partial charge in [0.05, 0.1) is 13.2 Å². The topological polar surface area (TPSA) is 18.5 Å². The lowest BCUT2D eigenvalue weighted by Crippen LogP contribution is -2.22. The Morgan fingerprint density at radius 3 is 2.81 bits per heavy atom. The second-order valence-corrected chi connectivity index (χ2v) is 6.24. The van der Waals surface area contributed by atoms with Gasteiger partial charge in [0.25, 0.3) is 0 Å². The summed E-state index contributed by atoms with van der Waals surface area (Å²) in [5, 5.41) is 0. The lowest BCUT2D eigenvalue weighted by atomic mass is 9.90. The van der Waals surface area contributed by atoms with Crippen molar-refractivity contribution in [2.75, 3.05) is 13.2 Å². The Bertz CT molecular complexity index is 675. The first kappa shape index (κ1) is 12.8. The molecule has 0 radical (unpaired) electrons. The molecule has 0 aliphatic carbocycles. The fraction of sp³-hybridized carbons (Fsp3) is 0.368. The number of aryl methyl sites for hydroxylation is 1. The SMILES string of the molecule is Cc1ccc2c(c1)CC(Cc1ccc3c(c1)CCO3)CO2. The Morgan fingerprint density at radius 1 is 1.00 bits per heavy atom. The summed E-state index contributed by atoms with van der Waals surface area (Å²) in [6, 6.07) is 13.1. The minimum Gasteiger partial charge on any atom is -0.493 e. The molecule has 2 aromatic carbocycles. The van der Waals surface area contributed by atoms with Gasteiger partial charge in [-0.3, -0.25) is 0 Å². The van der Waals surface area contributed by atoms with Crippen LogP contribution in [0.15, 0.2) is 36.4 Å². The molecule has 0 saturated heterocycles. The zero-order valence-corrected chi connectivity index (χ0v) is 12.4. The van der Waals surface area contributed by atoms with Crippen molar-refractivity contribution in [2.24, 2.45) is 5.92 Å². The molecule has 0 amide bonds.